The highest BCUT2D eigenvalue weighted by Crippen LogP contribution is 2.36. The van der Waals surface area contributed by atoms with E-state index in [0.29, 0.717) is 49.3 Å². The molecule has 2 heterocycles. The van der Waals surface area contributed by atoms with Gasteiger partial charge < -0.3 is 10.1 Å². The summed E-state index contributed by atoms with van der Waals surface area (Å²) in [5.74, 6) is 0.0591. The van der Waals surface area contributed by atoms with E-state index in [9.17, 15) is 26.3 Å². The van der Waals surface area contributed by atoms with E-state index < -0.39 is 35.6 Å². The first-order chi connectivity index (χ1) is 14.0. The van der Waals surface area contributed by atoms with E-state index in [0.717, 1.165) is 13.1 Å². The quantitative estimate of drug-likeness (QED) is 0.713. The van der Waals surface area contributed by atoms with Crippen LogP contribution < -0.4 is 5.32 Å². The van der Waals surface area contributed by atoms with Gasteiger partial charge >= 0.3 is 12.4 Å². The second kappa shape index (κ2) is 8.76. The zero-order valence-electron chi connectivity index (χ0n) is 16.1. The van der Waals surface area contributed by atoms with Crippen molar-refractivity contribution < 1.29 is 31.1 Å². The third kappa shape index (κ3) is 5.82. The third-order valence-electron chi connectivity index (χ3n) is 4.57. The number of aromatic nitrogens is 2. The van der Waals surface area contributed by atoms with Crippen LogP contribution in [0.4, 0.5) is 32.3 Å². The Morgan fingerprint density at radius 1 is 1.00 bits per heavy atom. The Kier molecular flexibility index (Phi) is 6.51. The van der Waals surface area contributed by atoms with E-state index in [-0.39, 0.29) is 5.95 Å². The van der Waals surface area contributed by atoms with Crippen LogP contribution in [0.5, 0.6) is 0 Å². The van der Waals surface area contributed by atoms with Gasteiger partial charge in [0.1, 0.15) is 0 Å². The number of hydrogen-bond acceptors (Lipinski definition) is 5. The number of nitrogens with zero attached hydrogens (tertiary/aromatic N) is 3. The molecule has 1 aromatic carbocycles. The van der Waals surface area contributed by atoms with Crippen molar-refractivity contribution in [3.8, 4) is 0 Å². The van der Waals surface area contributed by atoms with Gasteiger partial charge in [-0.3, -0.25) is 4.90 Å². The van der Waals surface area contributed by atoms with Crippen molar-refractivity contribution in [2.24, 2.45) is 0 Å². The molecule has 0 radical (unpaired) electrons. The highest BCUT2D eigenvalue weighted by atomic mass is 19.4. The molecule has 1 aliphatic heterocycles. The summed E-state index contributed by atoms with van der Waals surface area (Å²) in [7, 11) is 0. The summed E-state index contributed by atoms with van der Waals surface area (Å²) in [5, 5.41) is 2.64. The molecule has 0 saturated carbocycles. The van der Waals surface area contributed by atoms with Gasteiger partial charge in [0.2, 0.25) is 5.95 Å². The van der Waals surface area contributed by atoms with E-state index in [2.05, 4.69) is 20.2 Å². The maximum absolute atomic E-state index is 13.2. The molecule has 11 heteroatoms. The number of hydrogen-bond donors (Lipinski definition) is 1. The Bertz CT molecular complexity index is 878. The minimum absolute atomic E-state index is 0.0591. The number of morpholine rings is 1. The van der Waals surface area contributed by atoms with Gasteiger partial charge in [-0.2, -0.15) is 26.3 Å². The molecular weight excluding hydrogens is 414 g/mol. The molecule has 1 aliphatic rings. The third-order valence-corrected chi connectivity index (χ3v) is 4.57. The highest BCUT2D eigenvalue weighted by molar-refractivity contribution is 5.38. The number of alkyl halides is 6. The summed E-state index contributed by atoms with van der Waals surface area (Å²) < 4.78 is 83.8. The molecular formula is C19H20F6N4O. The standard InChI is InChI=1S/C19H20F6N4O/c1-12-8-15(11-29-4-6-30-7-5-29)28-17(27-12)26-10-13-9-14(18(20,21)22)2-3-16(13)19(23,24)25/h2-3,8-9H,4-7,10-11H2,1H3,(H,26,27,28). The lowest BCUT2D eigenvalue weighted by Crippen LogP contribution is -2.36. The fraction of sp³-hybridized carbons (Fsp3) is 0.474. The van der Waals surface area contributed by atoms with Gasteiger partial charge in [0.25, 0.3) is 0 Å². The van der Waals surface area contributed by atoms with Crippen molar-refractivity contribution in [1.82, 2.24) is 14.9 Å². The number of aryl methyl sites for hydroxylation is 1. The minimum Gasteiger partial charge on any atom is -0.379 e. The molecule has 0 bridgehead atoms. The van der Waals surface area contributed by atoms with Crippen molar-refractivity contribution in [2.45, 2.75) is 32.4 Å². The lowest BCUT2D eigenvalue weighted by Gasteiger charge is -2.26. The molecule has 0 aliphatic carbocycles. The van der Waals surface area contributed by atoms with Gasteiger partial charge in [-0.15, -0.1) is 0 Å². The Balaban J connectivity index is 1.80. The fourth-order valence-electron chi connectivity index (χ4n) is 3.15. The molecule has 1 fully saturated rings. The number of benzene rings is 1. The average Bonchev–Trinajstić information content (AvgIpc) is 2.65. The Labute approximate surface area is 169 Å². The molecule has 3 rings (SSSR count). The summed E-state index contributed by atoms with van der Waals surface area (Å²) in [6.45, 7) is 4.38. The lowest BCUT2D eigenvalue weighted by atomic mass is 10.0. The van der Waals surface area contributed by atoms with E-state index in [1.165, 1.54) is 0 Å². The predicted molar refractivity (Wildman–Crippen MR) is 96.6 cm³/mol. The van der Waals surface area contributed by atoms with E-state index >= 15 is 0 Å². The van der Waals surface area contributed by atoms with Crippen molar-refractivity contribution in [1.29, 1.82) is 0 Å². The molecule has 1 aromatic heterocycles. The van der Waals surface area contributed by atoms with Crippen LogP contribution in [0.1, 0.15) is 28.1 Å². The number of ether oxygens (including phenoxy) is 1. The number of anilines is 1. The van der Waals surface area contributed by atoms with Gasteiger partial charge in [0, 0.05) is 31.9 Å². The van der Waals surface area contributed by atoms with Crippen LogP contribution in [-0.4, -0.2) is 41.2 Å². The lowest BCUT2D eigenvalue weighted by molar-refractivity contribution is -0.141. The maximum Gasteiger partial charge on any atom is 0.416 e. The van der Waals surface area contributed by atoms with Crippen molar-refractivity contribution in [2.75, 3.05) is 31.6 Å². The Morgan fingerprint density at radius 3 is 2.33 bits per heavy atom. The van der Waals surface area contributed by atoms with E-state index in [1.54, 1.807) is 13.0 Å². The Morgan fingerprint density at radius 2 is 1.70 bits per heavy atom. The van der Waals surface area contributed by atoms with Gasteiger partial charge in [-0.25, -0.2) is 9.97 Å². The number of halogens is 6. The summed E-state index contributed by atoms with van der Waals surface area (Å²) in [6, 6.07) is 3.13. The molecule has 0 atom stereocenters. The molecule has 1 N–H and O–H groups in total. The van der Waals surface area contributed by atoms with E-state index in [1.807, 2.05) is 0 Å². The molecule has 0 unspecified atom stereocenters. The normalized spacial score (nSPS) is 16.0. The van der Waals surface area contributed by atoms with Gasteiger partial charge in [-0.1, -0.05) is 0 Å². The minimum atomic E-state index is -4.78. The average molecular weight is 434 g/mol. The molecule has 2 aromatic rings. The molecule has 1 saturated heterocycles. The summed E-state index contributed by atoms with van der Waals surface area (Å²) >= 11 is 0. The first kappa shape index (κ1) is 22.3. The van der Waals surface area contributed by atoms with Gasteiger partial charge in [-0.05, 0) is 36.8 Å². The van der Waals surface area contributed by atoms with Crippen LogP contribution in [0, 0.1) is 6.92 Å². The zero-order valence-corrected chi connectivity index (χ0v) is 16.1. The monoisotopic (exact) mass is 434 g/mol. The van der Waals surface area contributed by atoms with Crippen molar-refractivity contribution >= 4 is 5.95 Å². The first-order valence-corrected chi connectivity index (χ1v) is 9.18. The van der Waals surface area contributed by atoms with Gasteiger partial charge in [0.15, 0.2) is 0 Å². The van der Waals surface area contributed by atoms with Crippen LogP contribution in [-0.2, 0) is 30.2 Å². The molecule has 0 amide bonds. The number of nitrogens with one attached hydrogen (secondary N) is 1. The second-order valence-corrected chi connectivity index (χ2v) is 6.93. The van der Waals surface area contributed by atoms with Crippen molar-refractivity contribution in [3.05, 3.63) is 52.3 Å². The highest BCUT2D eigenvalue weighted by Gasteiger charge is 2.36. The van der Waals surface area contributed by atoms with E-state index in [4.69, 9.17) is 4.74 Å². The molecule has 164 valence electrons. The first-order valence-electron chi connectivity index (χ1n) is 9.18. The Hall–Kier alpha value is -2.40. The molecule has 5 nitrogen and oxygen atoms in total. The summed E-state index contributed by atoms with van der Waals surface area (Å²) in [6.07, 6.45) is -9.53. The van der Waals surface area contributed by atoms with Crippen LogP contribution in [0.15, 0.2) is 24.3 Å². The van der Waals surface area contributed by atoms with Crippen molar-refractivity contribution in [3.63, 3.8) is 0 Å². The van der Waals surface area contributed by atoms with Crippen LogP contribution in [0.2, 0.25) is 0 Å². The van der Waals surface area contributed by atoms with Crippen LogP contribution >= 0.6 is 0 Å². The number of rotatable bonds is 5. The second-order valence-electron chi connectivity index (χ2n) is 6.93. The fourth-order valence-corrected chi connectivity index (χ4v) is 3.15. The predicted octanol–water partition coefficient (Wildman–Crippen LogP) is 4.27. The molecule has 0 spiro atoms. The van der Waals surface area contributed by atoms with Crippen LogP contribution in [0.3, 0.4) is 0 Å². The maximum atomic E-state index is 13.2. The molecule has 30 heavy (non-hydrogen) atoms. The SMILES string of the molecule is Cc1cc(CN2CCOCC2)nc(NCc2cc(C(F)(F)F)ccc2C(F)(F)F)n1. The summed E-state index contributed by atoms with van der Waals surface area (Å²) in [5.41, 5.74) is -1.56. The zero-order chi connectivity index (χ0) is 21.9. The topological polar surface area (TPSA) is 50.3 Å². The smallest absolute Gasteiger partial charge is 0.379 e. The van der Waals surface area contributed by atoms with Gasteiger partial charge in [0.05, 0.1) is 30.0 Å². The largest absolute Gasteiger partial charge is 0.416 e. The summed E-state index contributed by atoms with van der Waals surface area (Å²) in [4.78, 5) is 10.5. The van der Waals surface area contributed by atoms with Crippen LogP contribution in [0.25, 0.3) is 0 Å².